The number of hydrogen-bond acceptors (Lipinski definition) is 0. The van der Waals surface area contributed by atoms with Crippen molar-refractivity contribution in [1.82, 2.24) is 0 Å². The van der Waals surface area contributed by atoms with Crippen molar-refractivity contribution in [2.75, 3.05) is 0 Å². The molecule has 2 radical (unpaired) electrons. The molecule has 3 heteroatoms. The zero-order valence-electron chi connectivity index (χ0n) is 2.43. The normalized spacial score (nSPS) is 0. The van der Waals surface area contributed by atoms with E-state index in [1.54, 1.807) is 0 Å². The Morgan fingerprint density at radius 2 is 0.833 bits per heavy atom. The zero-order valence-corrected chi connectivity index (χ0v) is 9.60. The molecule has 0 N–H and O–H groups in total. The Bertz CT molecular complexity index is 10.8. The molecule has 0 bridgehead atoms. The summed E-state index contributed by atoms with van der Waals surface area (Å²) in [5.41, 5.74) is 0. The van der Waals surface area contributed by atoms with Crippen LogP contribution in [0.4, 0.5) is 0 Å². The molecule has 0 aromatic heterocycles. The molecule has 0 amide bonds. The third kappa shape index (κ3) is 32.6. The van der Waals surface area contributed by atoms with Crippen molar-refractivity contribution >= 4 is 0 Å². The van der Waals surface area contributed by atoms with Gasteiger partial charge in [-0.15, -0.1) is 0 Å². The monoisotopic (exact) mass is 371 g/mol. The topological polar surface area (TPSA) is 0 Å². The van der Waals surface area contributed by atoms with Crippen LogP contribution in [0.15, 0.2) is 0 Å². The molecule has 0 rings (SSSR count). The minimum Gasteiger partial charge on any atom is -0.358 e. The van der Waals surface area contributed by atoms with E-state index in [1.807, 2.05) is 0 Å². The number of rotatable bonds is 0. The summed E-state index contributed by atoms with van der Waals surface area (Å²) < 4.78 is 0. The van der Waals surface area contributed by atoms with Crippen LogP contribution in [-0.4, -0.2) is 0 Å². The summed E-state index contributed by atoms with van der Waals surface area (Å²) in [6.07, 6.45) is 0. The first-order valence-corrected chi connectivity index (χ1v) is 0. The third-order valence-corrected chi connectivity index (χ3v) is 0. The van der Waals surface area contributed by atoms with Gasteiger partial charge in [-0.3, -0.25) is 0 Å². The Morgan fingerprint density at radius 1 is 0.833 bits per heavy atom. The van der Waals surface area contributed by atoms with E-state index >= 15 is 0 Å². The first kappa shape index (κ1) is 80.7. The van der Waals surface area contributed by atoms with Crippen molar-refractivity contribution in [3.8, 4) is 0 Å². The molecule has 0 saturated heterocycles. The molecule has 0 aromatic rings. The molecule has 0 aliphatic rings. The Morgan fingerprint density at radius 3 is 0.833 bits per heavy atom. The molecule has 0 fully saturated rings. The van der Waals surface area contributed by atoms with Gasteiger partial charge in [0.2, 0.25) is 0 Å². The average molecular weight is 371 g/mol. The van der Waals surface area contributed by atoms with Gasteiger partial charge in [0.25, 0.3) is 0 Å². The maximum atomic E-state index is 0. The minimum atomic E-state index is 0. The predicted molar refractivity (Wildman–Crippen MR) is 19.9 cm³/mol. The van der Waals surface area contributed by atoms with Crippen LogP contribution in [0, 0.1) is 7.43 Å². The Hall–Kier alpha value is 2.38. The molecule has 0 heterocycles. The van der Waals surface area contributed by atoms with Crippen molar-refractivity contribution in [3.63, 3.8) is 0 Å². The molecule has 38 valence electrons. The molecule has 0 saturated carbocycles. The summed E-state index contributed by atoms with van der Waals surface area (Å²) in [5, 5.41) is 0. The van der Waals surface area contributed by atoms with Gasteiger partial charge in [0.15, 0.2) is 0 Å². The van der Waals surface area contributed by atoms with Crippen LogP contribution in [0.2, 0.25) is 0 Å². The van der Waals surface area contributed by atoms with E-state index < -0.39 is 0 Å². The first-order chi connectivity index (χ1) is 0. The van der Waals surface area contributed by atoms with E-state index in [0.717, 1.165) is 0 Å². The van der Waals surface area contributed by atoms with Crippen molar-refractivity contribution < 1.29 is 72.3 Å². The van der Waals surface area contributed by atoms with Crippen LogP contribution < -0.4 is 0 Å². The second kappa shape index (κ2) is 53.1. The Kier molecular flexibility index (Phi) is 714. The van der Waals surface area contributed by atoms with E-state index in [9.17, 15) is 0 Å². The molecule has 0 aliphatic heterocycles. The second-order valence-electron chi connectivity index (χ2n) is 0. The van der Waals surface area contributed by atoms with Crippen LogP contribution >= 0.6 is 0 Å². The standard InChI is InChI=1S/2CH4.CH3.V.W.Y/h2*1H4;1H3;;;/q;;-1;;;. The van der Waals surface area contributed by atoms with E-state index in [0.29, 0.717) is 0 Å². The van der Waals surface area contributed by atoms with Crippen LogP contribution in [0.5, 0.6) is 0 Å². The SMILES string of the molecule is C.C.[CH3-].[V].[W].[Y]. The number of hydrogen-bond donors (Lipinski definition) is 0. The van der Waals surface area contributed by atoms with Crippen molar-refractivity contribution in [2.45, 2.75) is 14.9 Å². The van der Waals surface area contributed by atoms with Crippen LogP contribution in [-0.2, 0) is 72.3 Å². The van der Waals surface area contributed by atoms with E-state index in [2.05, 4.69) is 0 Å². The largest absolute Gasteiger partial charge is 0.358 e. The maximum absolute atomic E-state index is 0. The summed E-state index contributed by atoms with van der Waals surface area (Å²) in [6.45, 7) is 0. The zero-order chi connectivity index (χ0) is 0. The van der Waals surface area contributed by atoms with Gasteiger partial charge in [0.1, 0.15) is 0 Å². The van der Waals surface area contributed by atoms with Crippen LogP contribution in [0.25, 0.3) is 0 Å². The van der Waals surface area contributed by atoms with Crippen molar-refractivity contribution in [2.24, 2.45) is 0 Å². The van der Waals surface area contributed by atoms with Gasteiger partial charge in [-0.1, -0.05) is 14.9 Å². The van der Waals surface area contributed by atoms with Gasteiger partial charge in [-0.05, 0) is 0 Å². The van der Waals surface area contributed by atoms with Gasteiger partial charge in [0, 0.05) is 72.3 Å². The summed E-state index contributed by atoms with van der Waals surface area (Å²) >= 11 is 0. The summed E-state index contributed by atoms with van der Waals surface area (Å²) in [7, 11) is 0. The molecular weight excluding hydrogens is 360 g/mol. The van der Waals surface area contributed by atoms with Gasteiger partial charge >= 0.3 is 0 Å². The smallest absolute Gasteiger partial charge is 0 e. The molecule has 0 aliphatic carbocycles. The van der Waals surface area contributed by atoms with Crippen molar-refractivity contribution in [3.05, 3.63) is 7.43 Å². The predicted octanol–water partition coefficient (Wildman–Crippen LogP) is 1.71. The quantitative estimate of drug-likeness (QED) is 0.570. The van der Waals surface area contributed by atoms with Crippen LogP contribution in [0.1, 0.15) is 14.9 Å². The molecule has 0 atom stereocenters. The fourth-order valence-corrected chi connectivity index (χ4v) is 0. The summed E-state index contributed by atoms with van der Waals surface area (Å²) in [4.78, 5) is 0. The summed E-state index contributed by atoms with van der Waals surface area (Å²) in [6, 6.07) is 0. The van der Waals surface area contributed by atoms with Gasteiger partial charge in [0.05, 0.1) is 0 Å². The minimum absolute atomic E-state index is 0. The van der Waals surface area contributed by atoms with Gasteiger partial charge < -0.3 is 7.43 Å². The first-order valence-electron chi connectivity index (χ1n) is 0. The van der Waals surface area contributed by atoms with Gasteiger partial charge in [-0.2, -0.15) is 0 Å². The molecule has 0 unspecified atom stereocenters. The molecule has 0 nitrogen and oxygen atoms in total. The van der Waals surface area contributed by atoms with Crippen molar-refractivity contribution in [1.29, 1.82) is 0 Å². The molecular formula is C3H11VWY-. The molecule has 6 heavy (non-hydrogen) atoms. The van der Waals surface area contributed by atoms with Crippen LogP contribution in [0.3, 0.4) is 0 Å². The fraction of sp³-hybridized carbons (Fsp3) is 0.667. The Labute approximate surface area is 93.3 Å². The third-order valence-electron chi connectivity index (χ3n) is 0. The average Bonchev–Trinajstić information content (AvgIpc) is 0. The maximum Gasteiger partial charge on any atom is 0 e. The Balaban J connectivity index is 0. The van der Waals surface area contributed by atoms with E-state index in [-0.39, 0.29) is 94.6 Å². The van der Waals surface area contributed by atoms with Gasteiger partial charge in [-0.25, -0.2) is 0 Å². The van der Waals surface area contributed by atoms with E-state index in [1.165, 1.54) is 0 Å². The van der Waals surface area contributed by atoms with E-state index in [4.69, 9.17) is 0 Å². The fourth-order valence-electron chi connectivity index (χ4n) is 0. The molecule has 0 aromatic carbocycles. The molecule has 0 spiro atoms. The summed E-state index contributed by atoms with van der Waals surface area (Å²) in [5.74, 6) is 0. The second-order valence-corrected chi connectivity index (χ2v) is 0.